The number of benzene rings is 3. The molecule has 5 rings (SSSR count). The third-order valence-electron chi connectivity index (χ3n) is 7.06. The summed E-state index contributed by atoms with van der Waals surface area (Å²) >= 11 is 12.2. The standard InChI is InChI=1S/C29H29Cl2FN6O3S/c1-19(38-18-33-17-35-38)13-34-29(39)23-10-26(32)12-27(11-23)36-42(40,41)16-20-14-37(15-20)28(21-2-6-24(30)7-3-21)22-4-8-25(31)9-5-22/h2-12,17-20,28,36H,13-16H2,1H3,(H,34,39). The van der Waals surface area contributed by atoms with Crippen LogP contribution in [0.25, 0.3) is 0 Å². The molecule has 0 bridgehead atoms. The second-order valence-electron chi connectivity index (χ2n) is 10.4. The van der Waals surface area contributed by atoms with Crippen molar-refractivity contribution in [2.75, 3.05) is 30.1 Å². The van der Waals surface area contributed by atoms with Crippen molar-refractivity contribution in [1.82, 2.24) is 25.0 Å². The SMILES string of the molecule is CC(CNC(=O)c1cc(F)cc(NS(=O)(=O)CC2CN(C(c3ccc(Cl)cc3)c3ccc(Cl)cc3)C2)c1)n1cncn1. The minimum absolute atomic E-state index is 0.00193. The second-order valence-corrected chi connectivity index (χ2v) is 13.0. The number of hydrogen-bond donors (Lipinski definition) is 2. The highest BCUT2D eigenvalue weighted by atomic mass is 35.5. The molecule has 1 aliphatic rings. The van der Waals surface area contributed by atoms with Gasteiger partial charge in [0.25, 0.3) is 5.91 Å². The number of anilines is 1. The summed E-state index contributed by atoms with van der Waals surface area (Å²) in [6, 6.07) is 18.3. The van der Waals surface area contributed by atoms with E-state index in [1.807, 2.05) is 55.5 Å². The van der Waals surface area contributed by atoms with Gasteiger partial charge in [-0.1, -0.05) is 47.5 Å². The van der Waals surface area contributed by atoms with E-state index < -0.39 is 21.7 Å². The summed E-state index contributed by atoms with van der Waals surface area (Å²) in [4.78, 5) is 18.7. The molecule has 1 unspecified atom stereocenters. The first-order valence-corrected chi connectivity index (χ1v) is 15.7. The molecule has 4 aromatic rings. The van der Waals surface area contributed by atoms with Crippen molar-refractivity contribution < 1.29 is 17.6 Å². The van der Waals surface area contributed by atoms with Crippen LogP contribution in [-0.4, -0.2) is 59.4 Å². The molecule has 0 saturated carbocycles. The number of amides is 1. The smallest absolute Gasteiger partial charge is 0.251 e. The molecule has 3 aromatic carbocycles. The summed E-state index contributed by atoms with van der Waals surface area (Å²) in [7, 11) is -3.83. The first-order chi connectivity index (χ1) is 20.1. The predicted octanol–water partition coefficient (Wildman–Crippen LogP) is 5.18. The lowest BCUT2D eigenvalue weighted by atomic mass is 9.91. The fourth-order valence-electron chi connectivity index (χ4n) is 5.02. The van der Waals surface area contributed by atoms with Crippen molar-refractivity contribution in [3.63, 3.8) is 0 Å². The molecule has 0 radical (unpaired) electrons. The van der Waals surface area contributed by atoms with Gasteiger partial charge in [-0.3, -0.25) is 14.4 Å². The first kappa shape index (κ1) is 30.0. The molecule has 13 heteroatoms. The first-order valence-electron chi connectivity index (χ1n) is 13.2. The van der Waals surface area contributed by atoms with Crippen molar-refractivity contribution in [3.05, 3.63) is 112 Å². The molecule has 9 nitrogen and oxygen atoms in total. The maximum atomic E-state index is 14.4. The highest BCUT2D eigenvalue weighted by Crippen LogP contribution is 2.36. The number of halogens is 3. The number of rotatable bonds is 11. The minimum atomic E-state index is -3.83. The molecule has 2 heterocycles. The van der Waals surface area contributed by atoms with E-state index in [1.165, 1.54) is 18.7 Å². The van der Waals surface area contributed by atoms with Crippen LogP contribution in [-0.2, 0) is 10.0 Å². The zero-order chi connectivity index (χ0) is 29.9. The van der Waals surface area contributed by atoms with E-state index in [1.54, 1.807) is 4.68 Å². The number of hydrogen-bond acceptors (Lipinski definition) is 6. The van der Waals surface area contributed by atoms with Crippen LogP contribution < -0.4 is 10.0 Å². The Morgan fingerprint density at radius 3 is 2.21 bits per heavy atom. The Morgan fingerprint density at radius 2 is 1.64 bits per heavy atom. The summed E-state index contributed by atoms with van der Waals surface area (Å²) in [5.41, 5.74) is 2.05. The topological polar surface area (TPSA) is 109 Å². The molecule has 1 aliphatic heterocycles. The normalized spacial score (nSPS) is 14.9. The third-order valence-corrected chi connectivity index (χ3v) is 9.02. The van der Waals surface area contributed by atoms with Crippen LogP contribution in [0.2, 0.25) is 10.0 Å². The van der Waals surface area contributed by atoms with Crippen LogP contribution in [0.1, 0.15) is 40.5 Å². The largest absolute Gasteiger partial charge is 0.350 e. The molecule has 1 saturated heterocycles. The summed E-state index contributed by atoms with van der Waals surface area (Å²) in [6.07, 6.45) is 2.92. The van der Waals surface area contributed by atoms with Crippen molar-refractivity contribution in [3.8, 4) is 0 Å². The van der Waals surface area contributed by atoms with E-state index in [0.717, 1.165) is 23.3 Å². The lowest BCUT2D eigenvalue weighted by Crippen LogP contribution is -2.51. The molecular formula is C29H29Cl2FN6O3S. The van der Waals surface area contributed by atoms with Crippen molar-refractivity contribution in [1.29, 1.82) is 0 Å². The molecule has 42 heavy (non-hydrogen) atoms. The Morgan fingerprint density at radius 1 is 1.02 bits per heavy atom. The Bertz CT molecular complexity index is 1590. The van der Waals surface area contributed by atoms with Gasteiger partial charge >= 0.3 is 0 Å². The van der Waals surface area contributed by atoms with Gasteiger partial charge in [-0.25, -0.2) is 22.5 Å². The Balaban J connectivity index is 1.21. The van der Waals surface area contributed by atoms with Crippen LogP contribution in [0.15, 0.2) is 79.4 Å². The summed E-state index contributed by atoms with van der Waals surface area (Å²) < 4.78 is 44.5. The Hall–Kier alpha value is -3.51. The fraction of sp³-hybridized carbons (Fsp3) is 0.276. The van der Waals surface area contributed by atoms with Crippen LogP contribution in [0.5, 0.6) is 0 Å². The van der Waals surface area contributed by atoms with E-state index in [-0.39, 0.29) is 41.6 Å². The van der Waals surface area contributed by atoms with Gasteiger partial charge < -0.3 is 5.32 Å². The average Bonchev–Trinajstić information content (AvgIpc) is 3.47. The number of carbonyl (C=O) groups excluding carboxylic acids is 1. The molecule has 220 valence electrons. The van der Waals surface area contributed by atoms with E-state index >= 15 is 0 Å². The average molecular weight is 632 g/mol. The zero-order valence-electron chi connectivity index (χ0n) is 22.6. The maximum Gasteiger partial charge on any atom is 0.251 e. The number of likely N-dealkylation sites (tertiary alicyclic amines) is 1. The van der Waals surface area contributed by atoms with E-state index in [2.05, 4.69) is 25.0 Å². The lowest BCUT2D eigenvalue weighted by Gasteiger charge is -2.44. The number of nitrogens with zero attached hydrogens (tertiary/aromatic N) is 4. The van der Waals surface area contributed by atoms with Gasteiger partial charge in [-0.2, -0.15) is 5.10 Å². The van der Waals surface area contributed by atoms with Gasteiger partial charge in [0, 0.05) is 41.2 Å². The number of nitrogens with one attached hydrogen (secondary N) is 2. The van der Waals surface area contributed by atoms with E-state index in [0.29, 0.717) is 23.1 Å². The number of sulfonamides is 1. The Kier molecular flexibility index (Phi) is 9.12. The van der Waals surface area contributed by atoms with Crippen LogP contribution in [0.3, 0.4) is 0 Å². The van der Waals surface area contributed by atoms with Crippen molar-refractivity contribution >= 4 is 44.8 Å². The Labute approximate surface area is 253 Å². The zero-order valence-corrected chi connectivity index (χ0v) is 25.0. The predicted molar refractivity (Wildman–Crippen MR) is 161 cm³/mol. The van der Waals surface area contributed by atoms with Crippen molar-refractivity contribution in [2.45, 2.75) is 19.0 Å². The second kappa shape index (κ2) is 12.8. The van der Waals surface area contributed by atoms with Crippen LogP contribution >= 0.6 is 23.2 Å². The van der Waals surface area contributed by atoms with Gasteiger partial charge in [0.1, 0.15) is 18.5 Å². The molecule has 1 amide bonds. The van der Waals surface area contributed by atoms with Gasteiger partial charge in [0.2, 0.25) is 10.0 Å². The van der Waals surface area contributed by atoms with Gasteiger partial charge in [0.15, 0.2) is 0 Å². The fourth-order valence-corrected chi connectivity index (χ4v) is 6.67. The third kappa shape index (κ3) is 7.46. The molecule has 1 fully saturated rings. The molecule has 1 atom stereocenters. The summed E-state index contributed by atoms with van der Waals surface area (Å²) in [6.45, 7) is 3.15. The molecule has 0 spiro atoms. The molecule has 0 aliphatic carbocycles. The van der Waals surface area contributed by atoms with E-state index in [9.17, 15) is 17.6 Å². The highest BCUT2D eigenvalue weighted by Gasteiger charge is 2.36. The van der Waals surface area contributed by atoms with Gasteiger partial charge in [-0.05, 0) is 60.5 Å². The van der Waals surface area contributed by atoms with Gasteiger partial charge in [-0.15, -0.1) is 0 Å². The van der Waals surface area contributed by atoms with E-state index in [4.69, 9.17) is 23.2 Å². The maximum absolute atomic E-state index is 14.4. The molecule has 2 N–H and O–H groups in total. The lowest BCUT2D eigenvalue weighted by molar-refractivity contribution is 0.0813. The number of carbonyl (C=O) groups is 1. The van der Waals surface area contributed by atoms with Crippen LogP contribution in [0.4, 0.5) is 10.1 Å². The number of aromatic nitrogens is 3. The summed E-state index contributed by atoms with van der Waals surface area (Å²) in [5, 5.41) is 8.00. The monoisotopic (exact) mass is 630 g/mol. The molecule has 1 aromatic heterocycles. The quantitative estimate of drug-likeness (QED) is 0.236. The van der Waals surface area contributed by atoms with Crippen molar-refractivity contribution in [2.24, 2.45) is 5.92 Å². The highest BCUT2D eigenvalue weighted by molar-refractivity contribution is 7.92. The molecular weight excluding hydrogens is 602 g/mol. The van der Waals surface area contributed by atoms with Gasteiger partial charge in [0.05, 0.1) is 23.5 Å². The minimum Gasteiger partial charge on any atom is -0.350 e. The summed E-state index contributed by atoms with van der Waals surface area (Å²) in [5.74, 6) is -1.55. The van der Waals surface area contributed by atoms with Crippen LogP contribution in [0, 0.1) is 11.7 Å².